The quantitative estimate of drug-likeness (QED) is 0.616. The maximum absolute atomic E-state index is 10.6. The molecule has 0 bridgehead atoms. The second-order valence-corrected chi connectivity index (χ2v) is 5.39. The molecule has 0 aromatic heterocycles. The maximum Gasteiger partial charge on any atom is 0.305 e. The third kappa shape index (κ3) is 3.13. The minimum Gasteiger partial charge on any atom is -0.504 e. The minimum atomic E-state index is -1.05. The van der Waals surface area contributed by atoms with Gasteiger partial charge in [0, 0.05) is 11.6 Å². The van der Waals surface area contributed by atoms with Gasteiger partial charge in [0.1, 0.15) is 0 Å². The molecule has 1 unspecified atom stereocenters. The number of carboxylic acid groups (broad SMARTS) is 1. The zero-order valence-electron chi connectivity index (χ0n) is 10.8. The summed E-state index contributed by atoms with van der Waals surface area (Å²) in [7, 11) is 0. The first-order valence-electron chi connectivity index (χ1n) is 5.66. The van der Waals surface area contributed by atoms with Gasteiger partial charge >= 0.3 is 5.97 Å². The number of aliphatic carboxylic acids is 1. The van der Waals surface area contributed by atoms with Gasteiger partial charge < -0.3 is 21.1 Å². The summed E-state index contributed by atoms with van der Waals surface area (Å²) in [5.74, 6) is -1.68. The molecule has 0 heterocycles. The smallest absolute Gasteiger partial charge is 0.305 e. The average Bonchev–Trinajstić information content (AvgIpc) is 2.18. The molecule has 5 N–H and O–H groups in total. The molecule has 0 radical (unpaired) electrons. The molecule has 0 saturated heterocycles. The van der Waals surface area contributed by atoms with Crippen LogP contribution in [0, 0.1) is 0 Å². The van der Waals surface area contributed by atoms with E-state index in [1.165, 1.54) is 6.07 Å². The fourth-order valence-electron chi connectivity index (χ4n) is 1.65. The van der Waals surface area contributed by atoms with Crippen LogP contribution in [-0.2, 0) is 10.2 Å². The molecule has 0 aliphatic heterocycles. The molecule has 0 aliphatic rings. The molecule has 1 atom stereocenters. The van der Waals surface area contributed by atoms with Crippen LogP contribution in [0.1, 0.15) is 44.4 Å². The summed E-state index contributed by atoms with van der Waals surface area (Å²) in [6.07, 6.45) is -0.305. The van der Waals surface area contributed by atoms with Gasteiger partial charge in [0.15, 0.2) is 11.5 Å². The van der Waals surface area contributed by atoms with E-state index in [1.807, 2.05) is 20.8 Å². The highest BCUT2D eigenvalue weighted by molar-refractivity contribution is 5.68. The molecule has 5 nitrogen and oxygen atoms in total. The van der Waals surface area contributed by atoms with E-state index in [-0.39, 0.29) is 28.9 Å². The van der Waals surface area contributed by atoms with Crippen LogP contribution in [0.2, 0.25) is 0 Å². The van der Waals surface area contributed by atoms with E-state index in [4.69, 9.17) is 10.8 Å². The lowest BCUT2D eigenvalue weighted by Gasteiger charge is -2.22. The van der Waals surface area contributed by atoms with Crippen LogP contribution >= 0.6 is 0 Å². The topological polar surface area (TPSA) is 104 Å². The fraction of sp³-hybridized carbons (Fsp3) is 0.462. The molecule has 0 fully saturated rings. The van der Waals surface area contributed by atoms with Crippen molar-refractivity contribution in [1.82, 2.24) is 0 Å². The van der Waals surface area contributed by atoms with Gasteiger partial charge in [0.25, 0.3) is 0 Å². The molecule has 1 aromatic carbocycles. The van der Waals surface area contributed by atoms with Crippen LogP contribution in [0.5, 0.6) is 11.5 Å². The van der Waals surface area contributed by atoms with E-state index in [1.54, 1.807) is 6.07 Å². The summed E-state index contributed by atoms with van der Waals surface area (Å²) < 4.78 is 0. The molecule has 18 heavy (non-hydrogen) atoms. The van der Waals surface area contributed by atoms with Crippen molar-refractivity contribution in [3.63, 3.8) is 0 Å². The first-order chi connectivity index (χ1) is 8.12. The van der Waals surface area contributed by atoms with Crippen LogP contribution in [0.15, 0.2) is 12.1 Å². The van der Waals surface area contributed by atoms with Crippen molar-refractivity contribution in [2.75, 3.05) is 0 Å². The van der Waals surface area contributed by atoms with Gasteiger partial charge in [-0.15, -0.1) is 0 Å². The molecular formula is C13H19NO4. The normalized spacial score (nSPS) is 13.3. The number of hydrogen-bond donors (Lipinski definition) is 4. The van der Waals surface area contributed by atoms with Crippen LogP contribution in [0.25, 0.3) is 0 Å². The molecular weight excluding hydrogens is 234 g/mol. The van der Waals surface area contributed by atoms with Crippen molar-refractivity contribution in [1.29, 1.82) is 0 Å². The van der Waals surface area contributed by atoms with Crippen molar-refractivity contribution in [2.45, 2.75) is 38.6 Å². The standard InChI is InChI=1S/C13H19NO4/c1-13(2,3)7-4-8(9(14)6-11(16)17)12(18)10(15)5-7/h4-5,9,15,18H,6,14H2,1-3H3,(H,16,17). The van der Waals surface area contributed by atoms with Gasteiger partial charge in [-0.3, -0.25) is 4.79 Å². The average molecular weight is 253 g/mol. The van der Waals surface area contributed by atoms with Crippen LogP contribution in [0.4, 0.5) is 0 Å². The Morgan fingerprint density at radius 1 is 1.33 bits per heavy atom. The van der Waals surface area contributed by atoms with Crippen LogP contribution < -0.4 is 5.73 Å². The lowest BCUT2D eigenvalue weighted by Crippen LogP contribution is -2.17. The van der Waals surface area contributed by atoms with E-state index in [0.29, 0.717) is 0 Å². The molecule has 1 aromatic rings. The molecule has 0 spiro atoms. The number of aromatic hydroxyl groups is 2. The molecule has 0 aliphatic carbocycles. The van der Waals surface area contributed by atoms with Gasteiger partial charge in [-0.05, 0) is 23.1 Å². The zero-order chi connectivity index (χ0) is 14.1. The van der Waals surface area contributed by atoms with E-state index in [0.717, 1.165) is 5.56 Å². The zero-order valence-corrected chi connectivity index (χ0v) is 10.8. The van der Waals surface area contributed by atoms with E-state index in [2.05, 4.69) is 0 Å². The van der Waals surface area contributed by atoms with Crippen molar-refractivity contribution in [3.05, 3.63) is 23.3 Å². The molecule has 0 saturated carbocycles. The van der Waals surface area contributed by atoms with E-state index >= 15 is 0 Å². The lowest BCUT2D eigenvalue weighted by atomic mass is 9.84. The van der Waals surface area contributed by atoms with Gasteiger partial charge in [0.2, 0.25) is 0 Å². The van der Waals surface area contributed by atoms with Crippen molar-refractivity contribution < 1.29 is 20.1 Å². The highest BCUT2D eigenvalue weighted by atomic mass is 16.4. The predicted molar refractivity (Wildman–Crippen MR) is 67.7 cm³/mol. The monoisotopic (exact) mass is 253 g/mol. The maximum atomic E-state index is 10.6. The van der Waals surface area contributed by atoms with Gasteiger partial charge in [0.05, 0.1) is 6.42 Å². The Labute approximate surface area is 106 Å². The second kappa shape index (κ2) is 4.86. The second-order valence-electron chi connectivity index (χ2n) is 5.39. The summed E-state index contributed by atoms with van der Waals surface area (Å²) in [5, 5.41) is 28.1. The number of carboxylic acids is 1. The van der Waals surface area contributed by atoms with Crippen LogP contribution in [-0.4, -0.2) is 21.3 Å². The van der Waals surface area contributed by atoms with Crippen molar-refractivity contribution in [3.8, 4) is 11.5 Å². The predicted octanol–water partition coefficient (Wildman–Crippen LogP) is 1.87. The Kier molecular flexibility index (Phi) is 3.86. The fourth-order valence-corrected chi connectivity index (χ4v) is 1.65. The summed E-state index contributed by atoms with van der Waals surface area (Å²) in [5.41, 5.74) is 6.53. The van der Waals surface area contributed by atoms with Gasteiger partial charge in [-0.25, -0.2) is 0 Å². The lowest BCUT2D eigenvalue weighted by molar-refractivity contribution is -0.137. The third-order valence-corrected chi connectivity index (χ3v) is 2.78. The molecule has 1 rings (SSSR count). The molecule has 0 amide bonds. The van der Waals surface area contributed by atoms with Crippen LogP contribution in [0.3, 0.4) is 0 Å². The molecule has 100 valence electrons. The summed E-state index contributed by atoms with van der Waals surface area (Å²) in [4.78, 5) is 10.6. The number of phenolic OH excluding ortho intramolecular Hbond substituents is 2. The Morgan fingerprint density at radius 3 is 2.33 bits per heavy atom. The van der Waals surface area contributed by atoms with Crippen molar-refractivity contribution >= 4 is 5.97 Å². The van der Waals surface area contributed by atoms with E-state index < -0.39 is 12.0 Å². The first kappa shape index (κ1) is 14.3. The Balaban J connectivity index is 3.26. The Bertz CT molecular complexity index is 463. The number of phenols is 2. The summed E-state index contributed by atoms with van der Waals surface area (Å²) >= 11 is 0. The number of carbonyl (C=O) groups is 1. The molecule has 5 heteroatoms. The number of nitrogens with two attached hydrogens (primary N) is 1. The first-order valence-corrected chi connectivity index (χ1v) is 5.66. The van der Waals surface area contributed by atoms with Gasteiger partial charge in [-0.2, -0.15) is 0 Å². The third-order valence-electron chi connectivity index (χ3n) is 2.78. The summed E-state index contributed by atoms with van der Waals surface area (Å²) in [6, 6.07) is 2.25. The summed E-state index contributed by atoms with van der Waals surface area (Å²) in [6.45, 7) is 5.85. The number of hydrogen-bond acceptors (Lipinski definition) is 4. The highest BCUT2D eigenvalue weighted by Gasteiger charge is 2.22. The largest absolute Gasteiger partial charge is 0.504 e. The highest BCUT2D eigenvalue weighted by Crippen LogP contribution is 2.38. The van der Waals surface area contributed by atoms with E-state index in [9.17, 15) is 15.0 Å². The van der Waals surface area contributed by atoms with Gasteiger partial charge in [-0.1, -0.05) is 20.8 Å². The Morgan fingerprint density at radius 2 is 1.89 bits per heavy atom. The van der Waals surface area contributed by atoms with Crippen molar-refractivity contribution in [2.24, 2.45) is 5.73 Å². The number of rotatable bonds is 3. The number of benzene rings is 1. The minimum absolute atomic E-state index is 0.233. The SMILES string of the molecule is CC(C)(C)c1cc(O)c(O)c(C(N)CC(=O)O)c1. The Hall–Kier alpha value is -1.75.